The minimum absolute atomic E-state index is 0.0901. The van der Waals surface area contributed by atoms with Gasteiger partial charge in [0.05, 0.1) is 5.56 Å². The van der Waals surface area contributed by atoms with Gasteiger partial charge in [-0.05, 0) is 42.8 Å². The molecule has 0 spiro atoms. The maximum atomic E-state index is 12.3. The Hall–Kier alpha value is -1.97. The predicted molar refractivity (Wildman–Crippen MR) is 82.2 cm³/mol. The number of ketones is 1. The van der Waals surface area contributed by atoms with Crippen molar-refractivity contribution in [2.75, 3.05) is 0 Å². The SMILES string of the molecule is Cc1c(O)ccc2c1O/C(=C\c1ccc(Cl)cc1Cl)C2=O. The topological polar surface area (TPSA) is 46.5 Å². The molecule has 5 heteroatoms. The van der Waals surface area contributed by atoms with E-state index in [2.05, 4.69) is 0 Å². The second-order valence-corrected chi connectivity index (χ2v) is 5.54. The van der Waals surface area contributed by atoms with Gasteiger partial charge in [0.2, 0.25) is 5.78 Å². The lowest BCUT2D eigenvalue weighted by Crippen LogP contribution is -1.98. The van der Waals surface area contributed by atoms with Gasteiger partial charge in [-0.3, -0.25) is 4.79 Å². The summed E-state index contributed by atoms with van der Waals surface area (Å²) >= 11 is 11.9. The smallest absolute Gasteiger partial charge is 0.231 e. The maximum Gasteiger partial charge on any atom is 0.231 e. The lowest BCUT2D eigenvalue weighted by Gasteiger charge is -2.04. The molecule has 1 aliphatic heterocycles. The Kier molecular flexibility index (Phi) is 3.40. The third-order valence-electron chi connectivity index (χ3n) is 3.31. The Bertz CT molecular complexity index is 794. The minimum Gasteiger partial charge on any atom is -0.508 e. The molecule has 21 heavy (non-hydrogen) atoms. The lowest BCUT2D eigenvalue weighted by molar-refractivity contribution is 0.101. The highest BCUT2D eigenvalue weighted by molar-refractivity contribution is 6.35. The standard InChI is InChI=1S/C16H10Cl2O3/c1-8-13(19)5-4-11-15(20)14(21-16(8)11)6-9-2-3-10(17)7-12(9)18/h2-7,19H,1H3/b14-6-. The molecular formula is C16H10Cl2O3. The van der Waals surface area contributed by atoms with Crippen molar-refractivity contribution in [2.45, 2.75) is 6.92 Å². The van der Waals surface area contributed by atoms with Crippen LogP contribution in [0.15, 0.2) is 36.1 Å². The van der Waals surface area contributed by atoms with Gasteiger partial charge in [0, 0.05) is 15.6 Å². The zero-order valence-electron chi connectivity index (χ0n) is 11.0. The Morgan fingerprint density at radius 3 is 2.67 bits per heavy atom. The van der Waals surface area contributed by atoms with Crippen LogP contribution in [0.25, 0.3) is 6.08 Å². The molecule has 1 heterocycles. The number of aromatic hydroxyl groups is 1. The van der Waals surface area contributed by atoms with Crippen molar-refractivity contribution < 1.29 is 14.6 Å². The summed E-state index contributed by atoms with van der Waals surface area (Å²) in [4.78, 5) is 12.3. The maximum absolute atomic E-state index is 12.3. The van der Waals surface area contributed by atoms with E-state index in [4.69, 9.17) is 27.9 Å². The highest BCUT2D eigenvalue weighted by Gasteiger charge is 2.29. The van der Waals surface area contributed by atoms with Gasteiger partial charge in [0.1, 0.15) is 11.5 Å². The Morgan fingerprint density at radius 1 is 1.19 bits per heavy atom. The summed E-state index contributed by atoms with van der Waals surface area (Å²) in [6, 6.07) is 8.02. The molecule has 3 rings (SSSR count). The van der Waals surface area contributed by atoms with Crippen molar-refractivity contribution in [3.8, 4) is 11.5 Å². The van der Waals surface area contributed by atoms with Crippen molar-refractivity contribution in [3.05, 3.63) is 62.8 Å². The van der Waals surface area contributed by atoms with E-state index < -0.39 is 0 Å². The molecule has 0 atom stereocenters. The van der Waals surface area contributed by atoms with Crippen LogP contribution in [-0.4, -0.2) is 10.9 Å². The number of fused-ring (bicyclic) bond motifs is 1. The van der Waals surface area contributed by atoms with Gasteiger partial charge >= 0.3 is 0 Å². The predicted octanol–water partition coefficient (Wildman–Crippen LogP) is 4.62. The lowest BCUT2D eigenvalue weighted by atomic mass is 10.1. The van der Waals surface area contributed by atoms with E-state index in [0.29, 0.717) is 32.5 Å². The van der Waals surface area contributed by atoms with Crippen molar-refractivity contribution in [1.82, 2.24) is 0 Å². The minimum atomic E-state index is -0.237. The average molecular weight is 321 g/mol. The second-order valence-electron chi connectivity index (χ2n) is 4.69. The quantitative estimate of drug-likeness (QED) is 0.779. The third kappa shape index (κ3) is 2.39. The van der Waals surface area contributed by atoms with Gasteiger partial charge in [-0.25, -0.2) is 0 Å². The van der Waals surface area contributed by atoms with E-state index in [-0.39, 0.29) is 17.3 Å². The second kappa shape index (κ2) is 5.10. The van der Waals surface area contributed by atoms with Crippen molar-refractivity contribution in [3.63, 3.8) is 0 Å². The first-order valence-electron chi connectivity index (χ1n) is 6.19. The number of phenolic OH excluding ortho intramolecular Hbond substituents is 1. The molecule has 2 aromatic rings. The fourth-order valence-corrected chi connectivity index (χ4v) is 2.60. The monoisotopic (exact) mass is 320 g/mol. The van der Waals surface area contributed by atoms with Crippen LogP contribution in [0.2, 0.25) is 10.0 Å². The number of hydrogen-bond acceptors (Lipinski definition) is 3. The summed E-state index contributed by atoms with van der Waals surface area (Å²) in [5.74, 6) is 0.408. The number of hydrogen-bond donors (Lipinski definition) is 1. The molecular weight excluding hydrogens is 311 g/mol. The molecule has 0 radical (unpaired) electrons. The number of carbonyl (C=O) groups excluding carboxylic acids is 1. The Balaban J connectivity index is 2.05. The van der Waals surface area contributed by atoms with E-state index >= 15 is 0 Å². The van der Waals surface area contributed by atoms with Gasteiger partial charge in [0.25, 0.3) is 0 Å². The van der Waals surface area contributed by atoms with Crippen molar-refractivity contribution in [1.29, 1.82) is 0 Å². The van der Waals surface area contributed by atoms with E-state index in [9.17, 15) is 9.90 Å². The van der Waals surface area contributed by atoms with Crippen molar-refractivity contribution >= 4 is 35.1 Å². The summed E-state index contributed by atoms with van der Waals surface area (Å²) in [6.07, 6.45) is 1.57. The number of benzene rings is 2. The number of carbonyl (C=O) groups is 1. The highest BCUT2D eigenvalue weighted by Crippen LogP contribution is 2.39. The van der Waals surface area contributed by atoms with Crippen LogP contribution in [0, 0.1) is 6.92 Å². The van der Waals surface area contributed by atoms with Crippen LogP contribution < -0.4 is 4.74 Å². The highest BCUT2D eigenvalue weighted by atomic mass is 35.5. The fourth-order valence-electron chi connectivity index (χ4n) is 2.14. The molecule has 1 aliphatic rings. The third-order valence-corrected chi connectivity index (χ3v) is 3.87. The summed E-state index contributed by atoms with van der Waals surface area (Å²) in [5.41, 5.74) is 1.60. The van der Waals surface area contributed by atoms with Crippen LogP contribution in [0.5, 0.6) is 11.5 Å². The van der Waals surface area contributed by atoms with Gasteiger partial charge in [-0.2, -0.15) is 0 Å². The average Bonchev–Trinajstić information content (AvgIpc) is 2.75. The zero-order chi connectivity index (χ0) is 15.1. The molecule has 0 unspecified atom stereocenters. The van der Waals surface area contributed by atoms with Crippen LogP contribution >= 0.6 is 23.2 Å². The zero-order valence-corrected chi connectivity index (χ0v) is 12.5. The first-order valence-corrected chi connectivity index (χ1v) is 6.95. The molecule has 1 N–H and O–H groups in total. The molecule has 0 bridgehead atoms. The van der Waals surface area contributed by atoms with Gasteiger partial charge in [-0.15, -0.1) is 0 Å². The molecule has 0 saturated heterocycles. The Morgan fingerprint density at radius 2 is 1.95 bits per heavy atom. The van der Waals surface area contributed by atoms with E-state index in [1.54, 1.807) is 37.3 Å². The fraction of sp³-hybridized carbons (Fsp3) is 0.0625. The van der Waals surface area contributed by atoms with Crippen LogP contribution in [0.1, 0.15) is 21.5 Å². The molecule has 0 aliphatic carbocycles. The number of halogens is 2. The number of ether oxygens (including phenoxy) is 1. The largest absolute Gasteiger partial charge is 0.508 e. The van der Waals surface area contributed by atoms with E-state index in [0.717, 1.165) is 0 Å². The molecule has 0 amide bonds. The van der Waals surface area contributed by atoms with E-state index in [1.807, 2.05) is 0 Å². The van der Waals surface area contributed by atoms with Crippen LogP contribution in [-0.2, 0) is 0 Å². The van der Waals surface area contributed by atoms with Crippen LogP contribution in [0.3, 0.4) is 0 Å². The van der Waals surface area contributed by atoms with Crippen molar-refractivity contribution in [2.24, 2.45) is 0 Å². The first-order chi connectivity index (χ1) is 9.97. The van der Waals surface area contributed by atoms with Gasteiger partial charge in [0.15, 0.2) is 5.76 Å². The summed E-state index contributed by atoms with van der Waals surface area (Å²) in [7, 11) is 0. The number of allylic oxidation sites excluding steroid dienone is 1. The number of rotatable bonds is 1. The van der Waals surface area contributed by atoms with Gasteiger partial charge < -0.3 is 9.84 Å². The molecule has 0 saturated carbocycles. The molecule has 0 fully saturated rings. The summed E-state index contributed by atoms with van der Waals surface area (Å²) in [5, 5.41) is 10.6. The molecule has 0 aromatic heterocycles. The Labute approximate surface area is 131 Å². The first kappa shape index (κ1) is 14.0. The number of phenols is 1. The normalized spacial score (nSPS) is 15.2. The summed E-state index contributed by atoms with van der Waals surface area (Å²) < 4.78 is 5.58. The molecule has 3 nitrogen and oxygen atoms in total. The summed E-state index contributed by atoms with van der Waals surface area (Å²) in [6.45, 7) is 1.69. The number of Topliss-reactive ketones (excluding diaryl/α,β-unsaturated/α-hetero) is 1. The molecule has 106 valence electrons. The van der Waals surface area contributed by atoms with E-state index in [1.165, 1.54) is 6.07 Å². The molecule has 2 aromatic carbocycles. The van der Waals surface area contributed by atoms with Gasteiger partial charge in [-0.1, -0.05) is 29.3 Å². The van der Waals surface area contributed by atoms with Crippen LogP contribution in [0.4, 0.5) is 0 Å².